The van der Waals surface area contributed by atoms with Crippen LogP contribution < -0.4 is 0 Å². The summed E-state index contributed by atoms with van der Waals surface area (Å²) in [6.45, 7) is 5.44. The molecule has 7 nitrogen and oxygen atoms in total. The van der Waals surface area contributed by atoms with Crippen LogP contribution in [0.3, 0.4) is 0 Å². The predicted octanol–water partition coefficient (Wildman–Crippen LogP) is 1.13. The zero-order valence-corrected chi connectivity index (χ0v) is 15.0. The molecule has 3 atom stereocenters. The molecule has 25 heavy (non-hydrogen) atoms. The van der Waals surface area contributed by atoms with E-state index in [1.54, 1.807) is 13.1 Å². The van der Waals surface area contributed by atoms with E-state index in [4.69, 9.17) is 0 Å². The Morgan fingerprint density at radius 3 is 2.88 bits per heavy atom. The summed E-state index contributed by atoms with van der Waals surface area (Å²) in [4.78, 5) is 21.4. The van der Waals surface area contributed by atoms with Crippen LogP contribution in [0.5, 0.6) is 0 Å². The van der Waals surface area contributed by atoms with Gasteiger partial charge in [0.05, 0.1) is 19.1 Å². The van der Waals surface area contributed by atoms with Crippen LogP contribution in [0.2, 0.25) is 0 Å². The third-order valence-corrected chi connectivity index (χ3v) is 5.71. The van der Waals surface area contributed by atoms with Gasteiger partial charge in [0.1, 0.15) is 5.82 Å². The standard InChI is InChI=1S/C18H26N6O/c1-14(25)24-16(12-23-7-3-5-20-23)10-15-11-22(8-4-17(15)24)13-18-19-6-9-21(18)2/h3,5-7,9,15-17H,4,8,10-13H2,1-2H3/t15-,16+,17+/m0/s1. The number of piperidine rings is 1. The number of aromatic nitrogens is 4. The quantitative estimate of drug-likeness (QED) is 0.836. The number of fused-ring (bicyclic) bond motifs is 1. The topological polar surface area (TPSA) is 59.2 Å². The van der Waals surface area contributed by atoms with E-state index in [9.17, 15) is 4.79 Å². The third kappa shape index (κ3) is 3.20. The van der Waals surface area contributed by atoms with Crippen molar-refractivity contribution in [1.82, 2.24) is 29.1 Å². The molecule has 0 N–H and O–H groups in total. The molecule has 134 valence electrons. The molecule has 0 bridgehead atoms. The number of amides is 1. The van der Waals surface area contributed by atoms with Gasteiger partial charge in [-0.1, -0.05) is 0 Å². The molecule has 2 saturated heterocycles. The van der Waals surface area contributed by atoms with Crippen molar-refractivity contribution in [3.05, 3.63) is 36.7 Å². The van der Waals surface area contributed by atoms with Crippen LogP contribution in [0.1, 0.15) is 25.6 Å². The lowest BCUT2D eigenvalue weighted by molar-refractivity contribution is -0.133. The van der Waals surface area contributed by atoms with Crippen LogP contribution in [0.15, 0.2) is 30.9 Å². The maximum Gasteiger partial charge on any atom is 0.220 e. The van der Waals surface area contributed by atoms with Crippen molar-refractivity contribution in [2.45, 2.75) is 44.9 Å². The van der Waals surface area contributed by atoms with Crippen LogP contribution in [0, 0.1) is 5.92 Å². The molecule has 7 heteroatoms. The lowest BCUT2D eigenvalue weighted by Gasteiger charge is -2.38. The van der Waals surface area contributed by atoms with Gasteiger partial charge in [0.2, 0.25) is 5.91 Å². The summed E-state index contributed by atoms with van der Waals surface area (Å²) in [5.74, 6) is 1.84. The summed E-state index contributed by atoms with van der Waals surface area (Å²) in [7, 11) is 2.04. The second kappa shape index (κ2) is 6.63. The van der Waals surface area contributed by atoms with Gasteiger partial charge in [-0.05, 0) is 24.8 Å². The van der Waals surface area contributed by atoms with Crippen LogP contribution in [-0.2, 0) is 24.9 Å². The number of hydrogen-bond acceptors (Lipinski definition) is 4. The van der Waals surface area contributed by atoms with E-state index in [1.165, 1.54) is 0 Å². The number of rotatable bonds is 4. The highest BCUT2D eigenvalue weighted by Gasteiger charge is 2.45. The number of carbonyl (C=O) groups excluding carboxylic acids is 1. The number of imidazole rings is 1. The molecule has 2 aliphatic rings. The molecule has 0 saturated carbocycles. The summed E-state index contributed by atoms with van der Waals surface area (Å²) in [6.07, 6.45) is 9.73. The Labute approximate surface area is 148 Å². The smallest absolute Gasteiger partial charge is 0.220 e. The fourth-order valence-corrected chi connectivity index (χ4v) is 4.60. The van der Waals surface area contributed by atoms with Gasteiger partial charge in [-0.25, -0.2) is 4.98 Å². The average Bonchev–Trinajstić information content (AvgIpc) is 3.28. The molecule has 0 unspecified atom stereocenters. The van der Waals surface area contributed by atoms with Crippen molar-refractivity contribution in [2.75, 3.05) is 13.1 Å². The van der Waals surface area contributed by atoms with Crippen LogP contribution in [0.25, 0.3) is 0 Å². The molecule has 2 fully saturated rings. The summed E-state index contributed by atoms with van der Waals surface area (Å²) in [5.41, 5.74) is 0. The maximum atomic E-state index is 12.3. The van der Waals surface area contributed by atoms with Crippen molar-refractivity contribution >= 4 is 5.91 Å². The van der Waals surface area contributed by atoms with E-state index >= 15 is 0 Å². The average molecular weight is 342 g/mol. The van der Waals surface area contributed by atoms with Gasteiger partial charge < -0.3 is 9.47 Å². The first-order valence-corrected chi connectivity index (χ1v) is 9.06. The minimum Gasteiger partial charge on any atom is -0.337 e. The zero-order chi connectivity index (χ0) is 17.4. The Kier molecular flexibility index (Phi) is 4.33. The van der Waals surface area contributed by atoms with Crippen LogP contribution in [-0.4, -0.2) is 60.2 Å². The molecule has 4 rings (SSSR count). The second-order valence-electron chi connectivity index (χ2n) is 7.35. The van der Waals surface area contributed by atoms with E-state index in [1.807, 2.05) is 36.4 Å². The van der Waals surface area contributed by atoms with Crippen LogP contribution in [0.4, 0.5) is 0 Å². The second-order valence-corrected chi connectivity index (χ2v) is 7.35. The van der Waals surface area contributed by atoms with Gasteiger partial charge in [0.25, 0.3) is 0 Å². The highest BCUT2D eigenvalue weighted by atomic mass is 16.2. The van der Waals surface area contributed by atoms with E-state index < -0.39 is 0 Å². The van der Waals surface area contributed by atoms with Crippen molar-refractivity contribution in [3.8, 4) is 0 Å². The number of likely N-dealkylation sites (tertiary alicyclic amines) is 2. The minimum absolute atomic E-state index is 0.196. The molecule has 2 aliphatic heterocycles. The van der Waals surface area contributed by atoms with Crippen molar-refractivity contribution < 1.29 is 4.79 Å². The molecule has 4 heterocycles. The normalized spacial score (nSPS) is 26.8. The largest absolute Gasteiger partial charge is 0.337 e. The molecule has 1 amide bonds. The summed E-state index contributed by atoms with van der Waals surface area (Å²) >= 11 is 0. The first-order valence-electron chi connectivity index (χ1n) is 9.06. The molecule has 0 aliphatic carbocycles. The summed E-state index contributed by atoms with van der Waals surface area (Å²) in [6, 6.07) is 2.56. The lowest BCUT2D eigenvalue weighted by atomic mass is 9.92. The van der Waals surface area contributed by atoms with E-state index in [-0.39, 0.29) is 11.9 Å². The molecule has 2 aromatic heterocycles. The van der Waals surface area contributed by atoms with Crippen LogP contribution >= 0.6 is 0 Å². The minimum atomic E-state index is 0.196. The molecule has 0 spiro atoms. The molecule has 2 aromatic rings. The zero-order valence-electron chi connectivity index (χ0n) is 15.0. The third-order valence-electron chi connectivity index (χ3n) is 5.71. The van der Waals surface area contributed by atoms with Gasteiger partial charge in [-0.15, -0.1) is 0 Å². The van der Waals surface area contributed by atoms with Crippen molar-refractivity contribution in [2.24, 2.45) is 13.0 Å². The fourth-order valence-electron chi connectivity index (χ4n) is 4.60. The Bertz CT molecular complexity index is 724. The highest BCUT2D eigenvalue weighted by Crippen LogP contribution is 2.36. The maximum absolute atomic E-state index is 12.3. The first-order chi connectivity index (χ1) is 12.1. The van der Waals surface area contributed by atoms with E-state index in [0.717, 1.165) is 44.8 Å². The number of nitrogens with zero attached hydrogens (tertiary/aromatic N) is 6. The molecular formula is C18H26N6O. The first kappa shape index (κ1) is 16.3. The lowest BCUT2D eigenvalue weighted by Crippen LogP contribution is -2.48. The van der Waals surface area contributed by atoms with Crippen molar-refractivity contribution in [3.63, 3.8) is 0 Å². The van der Waals surface area contributed by atoms with Gasteiger partial charge in [0.15, 0.2) is 0 Å². The Hall–Kier alpha value is -2.15. The van der Waals surface area contributed by atoms with Gasteiger partial charge in [0, 0.05) is 57.9 Å². The Morgan fingerprint density at radius 2 is 2.20 bits per heavy atom. The summed E-state index contributed by atoms with van der Waals surface area (Å²) < 4.78 is 4.03. The molecular weight excluding hydrogens is 316 g/mol. The van der Waals surface area contributed by atoms with E-state index in [0.29, 0.717) is 12.0 Å². The van der Waals surface area contributed by atoms with E-state index in [2.05, 4.69) is 24.4 Å². The number of aryl methyl sites for hydroxylation is 1. The molecule has 0 radical (unpaired) electrons. The predicted molar refractivity (Wildman–Crippen MR) is 93.5 cm³/mol. The monoisotopic (exact) mass is 342 g/mol. The SMILES string of the molecule is CC(=O)N1[C@@H](Cn2cccn2)C[C@H]2CN(Cc3nccn3C)CC[C@H]21. The Morgan fingerprint density at radius 1 is 1.32 bits per heavy atom. The van der Waals surface area contributed by atoms with Gasteiger partial charge in [-0.2, -0.15) is 5.10 Å². The Balaban J connectivity index is 1.45. The number of hydrogen-bond donors (Lipinski definition) is 0. The summed E-state index contributed by atoms with van der Waals surface area (Å²) in [5, 5.41) is 4.32. The number of carbonyl (C=O) groups is 1. The van der Waals surface area contributed by atoms with Gasteiger partial charge in [-0.3, -0.25) is 14.4 Å². The fraction of sp³-hybridized carbons (Fsp3) is 0.611. The van der Waals surface area contributed by atoms with Gasteiger partial charge >= 0.3 is 0 Å². The molecule has 0 aromatic carbocycles. The van der Waals surface area contributed by atoms with Crippen molar-refractivity contribution in [1.29, 1.82) is 0 Å². The highest BCUT2D eigenvalue weighted by molar-refractivity contribution is 5.74.